The largest absolute Gasteiger partial charge is 0.469 e. The number of hydrogen-bond acceptors (Lipinski definition) is 9. The molecule has 2 rings (SSSR count). The van der Waals surface area contributed by atoms with Crippen molar-refractivity contribution in [3.8, 4) is 0 Å². The zero-order valence-electron chi connectivity index (χ0n) is 22.1. The standard InChI is InChI=1S/C27H41NO9/c1-22-20-24(27(31)32-2)8-11-28(22)25(29)9-12-33-14-16-35-18-19-36-17-15-34-13-10-26(30)37-21-23-6-4-3-5-7-23/h3-7,22,24H,8-21H2,1-2H3. The van der Waals surface area contributed by atoms with Gasteiger partial charge < -0.3 is 33.3 Å². The number of benzene rings is 1. The molecule has 10 heteroatoms. The average Bonchev–Trinajstić information content (AvgIpc) is 2.91. The molecule has 37 heavy (non-hydrogen) atoms. The Morgan fingerprint density at radius 2 is 1.41 bits per heavy atom. The van der Waals surface area contributed by atoms with Crippen molar-refractivity contribution in [3.63, 3.8) is 0 Å². The third-order valence-corrected chi connectivity index (χ3v) is 6.00. The van der Waals surface area contributed by atoms with Crippen LogP contribution >= 0.6 is 0 Å². The van der Waals surface area contributed by atoms with E-state index < -0.39 is 0 Å². The molecule has 0 saturated carbocycles. The summed E-state index contributed by atoms with van der Waals surface area (Å²) in [5, 5.41) is 0. The van der Waals surface area contributed by atoms with Crippen LogP contribution in [0.4, 0.5) is 0 Å². The van der Waals surface area contributed by atoms with Crippen LogP contribution in [0.2, 0.25) is 0 Å². The molecular formula is C27H41NO9. The highest BCUT2D eigenvalue weighted by molar-refractivity contribution is 5.77. The van der Waals surface area contributed by atoms with Gasteiger partial charge in [0.25, 0.3) is 0 Å². The summed E-state index contributed by atoms with van der Waals surface area (Å²) < 4.78 is 31.7. The van der Waals surface area contributed by atoms with Crippen molar-refractivity contribution in [3.05, 3.63) is 35.9 Å². The molecule has 10 nitrogen and oxygen atoms in total. The van der Waals surface area contributed by atoms with Gasteiger partial charge in [0.15, 0.2) is 0 Å². The van der Waals surface area contributed by atoms with Crippen molar-refractivity contribution in [2.75, 3.05) is 66.5 Å². The van der Waals surface area contributed by atoms with Crippen LogP contribution in [0.5, 0.6) is 0 Å². The van der Waals surface area contributed by atoms with Gasteiger partial charge in [-0.2, -0.15) is 0 Å². The maximum Gasteiger partial charge on any atom is 0.308 e. The van der Waals surface area contributed by atoms with E-state index in [9.17, 15) is 14.4 Å². The number of nitrogens with zero attached hydrogens (tertiary/aromatic N) is 1. The van der Waals surface area contributed by atoms with Gasteiger partial charge in [-0.1, -0.05) is 30.3 Å². The van der Waals surface area contributed by atoms with E-state index in [0.717, 1.165) is 5.56 Å². The second-order valence-corrected chi connectivity index (χ2v) is 8.78. The van der Waals surface area contributed by atoms with Gasteiger partial charge in [0.05, 0.1) is 78.7 Å². The van der Waals surface area contributed by atoms with E-state index in [0.29, 0.717) is 72.1 Å². The van der Waals surface area contributed by atoms with Crippen LogP contribution in [0.3, 0.4) is 0 Å². The van der Waals surface area contributed by atoms with Crippen molar-refractivity contribution in [1.29, 1.82) is 0 Å². The summed E-state index contributed by atoms with van der Waals surface area (Å²) in [4.78, 5) is 37.6. The van der Waals surface area contributed by atoms with E-state index in [4.69, 9.17) is 28.4 Å². The first-order valence-corrected chi connectivity index (χ1v) is 12.9. The zero-order chi connectivity index (χ0) is 26.7. The van der Waals surface area contributed by atoms with Gasteiger partial charge in [-0.3, -0.25) is 14.4 Å². The smallest absolute Gasteiger partial charge is 0.308 e. The molecule has 1 fully saturated rings. The fourth-order valence-corrected chi connectivity index (χ4v) is 3.95. The minimum absolute atomic E-state index is 0.0144. The Labute approximate surface area is 219 Å². The lowest BCUT2D eigenvalue weighted by molar-refractivity contribution is -0.150. The van der Waals surface area contributed by atoms with Gasteiger partial charge in [0, 0.05) is 12.6 Å². The fraction of sp³-hybridized carbons (Fsp3) is 0.667. The molecule has 1 aromatic rings. The monoisotopic (exact) mass is 523 g/mol. The van der Waals surface area contributed by atoms with Crippen molar-refractivity contribution >= 4 is 17.8 Å². The molecule has 0 spiro atoms. The number of ether oxygens (including phenoxy) is 6. The summed E-state index contributed by atoms with van der Waals surface area (Å²) in [6.07, 6.45) is 1.77. The highest BCUT2D eigenvalue weighted by Gasteiger charge is 2.32. The van der Waals surface area contributed by atoms with Gasteiger partial charge in [0.1, 0.15) is 6.61 Å². The Morgan fingerprint density at radius 1 is 0.838 bits per heavy atom. The number of esters is 2. The summed E-state index contributed by atoms with van der Waals surface area (Å²) in [5.74, 6) is -0.582. The van der Waals surface area contributed by atoms with E-state index in [-0.39, 0.29) is 49.4 Å². The van der Waals surface area contributed by atoms with Crippen molar-refractivity contribution < 1.29 is 42.8 Å². The lowest BCUT2D eigenvalue weighted by Gasteiger charge is -2.36. The number of piperidine rings is 1. The quantitative estimate of drug-likeness (QED) is 0.212. The number of rotatable bonds is 18. The zero-order valence-corrected chi connectivity index (χ0v) is 22.1. The van der Waals surface area contributed by atoms with Gasteiger partial charge in [-0.15, -0.1) is 0 Å². The molecule has 2 atom stereocenters. The number of methoxy groups -OCH3 is 1. The highest BCUT2D eigenvalue weighted by Crippen LogP contribution is 2.24. The molecule has 1 aliphatic rings. The van der Waals surface area contributed by atoms with E-state index in [1.165, 1.54) is 7.11 Å². The van der Waals surface area contributed by atoms with E-state index in [1.54, 1.807) is 0 Å². The highest BCUT2D eigenvalue weighted by atomic mass is 16.6. The molecule has 1 amide bonds. The minimum Gasteiger partial charge on any atom is -0.469 e. The lowest BCUT2D eigenvalue weighted by atomic mass is 9.91. The average molecular weight is 524 g/mol. The fourth-order valence-electron chi connectivity index (χ4n) is 3.95. The van der Waals surface area contributed by atoms with Gasteiger partial charge in [0.2, 0.25) is 5.91 Å². The maximum absolute atomic E-state index is 12.4. The predicted octanol–water partition coefficient (Wildman–Crippen LogP) is 2.38. The Bertz CT molecular complexity index is 789. The first kappa shape index (κ1) is 30.7. The normalized spacial score (nSPS) is 17.4. The number of likely N-dealkylation sites (tertiary alicyclic amines) is 1. The molecule has 0 radical (unpaired) electrons. The molecule has 1 aromatic carbocycles. The SMILES string of the molecule is COC(=O)C1CCN(C(=O)CCOCCOCCOCCOCCC(=O)OCc2ccccc2)C(C)C1. The Morgan fingerprint density at radius 3 is 1.97 bits per heavy atom. The summed E-state index contributed by atoms with van der Waals surface area (Å²) in [7, 11) is 1.40. The van der Waals surface area contributed by atoms with Crippen LogP contribution in [0.15, 0.2) is 30.3 Å². The topological polar surface area (TPSA) is 110 Å². The Kier molecular flexibility index (Phi) is 15.5. The first-order chi connectivity index (χ1) is 18.0. The third kappa shape index (κ3) is 13.0. The van der Waals surface area contributed by atoms with Crippen LogP contribution in [0.1, 0.15) is 38.2 Å². The van der Waals surface area contributed by atoms with Crippen LogP contribution in [-0.4, -0.2) is 95.3 Å². The lowest BCUT2D eigenvalue weighted by Crippen LogP contribution is -2.46. The van der Waals surface area contributed by atoms with Crippen LogP contribution in [0.25, 0.3) is 0 Å². The van der Waals surface area contributed by atoms with Gasteiger partial charge >= 0.3 is 11.9 Å². The van der Waals surface area contributed by atoms with Crippen molar-refractivity contribution in [2.24, 2.45) is 5.92 Å². The molecule has 1 saturated heterocycles. The number of carbonyl (C=O) groups is 3. The number of carbonyl (C=O) groups excluding carboxylic acids is 3. The number of hydrogen-bond donors (Lipinski definition) is 0. The molecular weight excluding hydrogens is 482 g/mol. The molecule has 208 valence electrons. The van der Waals surface area contributed by atoms with Crippen molar-refractivity contribution in [2.45, 2.75) is 45.3 Å². The molecule has 1 heterocycles. The Balaban J connectivity index is 1.33. The summed E-state index contributed by atoms with van der Waals surface area (Å²) in [5.41, 5.74) is 0.953. The second-order valence-electron chi connectivity index (χ2n) is 8.78. The maximum atomic E-state index is 12.4. The van der Waals surface area contributed by atoms with E-state index in [1.807, 2.05) is 42.2 Å². The Hall–Kier alpha value is -2.53. The second kappa shape index (κ2) is 18.7. The van der Waals surface area contributed by atoms with Gasteiger partial charge in [-0.05, 0) is 25.3 Å². The third-order valence-electron chi connectivity index (χ3n) is 6.00. The van der Waals surface area contributed by atoms with Crippen LogP contribution in [0, 0.1) is 5.92 Å². The molecule has 2 unspecified atom stereocenters. The first-order valence-electron chi connectivity index (χ1n) is 12.9. The molecule has 1 aliphatic heterocycles. The van der Waals surface area contributed by atoms with E-state index >= 15 is 0 Å². The molecule has 0 N–H and O–H groups in total. The minimum atomic E-state index is -0.292. The molecule has 0 aromatic heterocycles. The van der Waals surface area contributed by atoms with E-state index in [2.05, 4.69) is 0 Å². The number of amides is 1. The summed E-state index contributed by atoms with van der Waals surface area (Å²) in [6.45, 7) is 5.90. The molecule has 0 aliphatic carbocycles. The molecule has 0 bridgehead atoms. The van der Waals surface area contributed by atoms with Crippen LogP contribution in [-0.2, 0) is 49.4 Å². The van der Waals surface area contributed by atoms with Crippen molar-refractivity contribution in [1.82, 2.24) is 4.90 Å². The summed E-state index contributed by atoms with van der Waals surface area (Å²) >= 11 is 0. The summed E-state index contributed by atoms with van der Waals surface area (Å²) in [6, 6.07) is 9.54. The predicted molar refractivity (Wildman–Crippen MR) is 135 cm³/mol. The van der Waals surface area contributed by atoms with Gasteiger partial charge in [-0.25, -0.2) is 0 Å². The van der Waals surface area contributed by atoms with Crippen LogP contribution < -0.4 is 0 Å².